The topological polar surface area (TPSA) is 68.0 Å². The summed E-state index contributed by atoms with van der Waals surface area (Å²) in [6.07, 6.45) is 0.900. The minimum absolute atomic E-state index is 0.632. The fraction of sp³-hybridized carbons (Fsp3) is 0.429. The van der Waals surface area contributed by atoms with Gasteiger partial charge in [-0.15, -0.1) is 26.4 Å². The lowest BCUT2D eigenvalue weighted by Gasteiger charge is -2.02. The summed E-state index contributed by atoms with van der Waals surface area (Å²) in [7, 11) is 0. The van der Waals surface area contributed by atoms with Gasteiger partial charge in [-0.05, 0) is 29.0 Å². The zero-order valence-corrected chi connectivity index (χ0v) is 8.15. The average molecular weight is 213 g/mol. The van der Waals surface area contributed by atoms with E-state index >= 15 is 0 Å². The summed E-state index contributed by atoms with van der Waals surface area (Å²) in [6, 6.07) is 3.63. The second kappa shape index (κ2) is 4.19. The number of fused-ring (bicyclic) bond motifs is 1. The van der Waals surface area contributed by atoms with Crippen molar-refractivity contribution in [1.29, 1.82) is 0 Å². The number of rotatable bonds is 4. The van der Waals surface area contributed by atoms with E-state index < -0.39 is 0 Å². The summed E-state index contributed by atoms with van der Waals surface area (Å²) in [6.45, 7) is 0.796. The number of hydrogen-bond acceptors (Lipinski definition) is 5. The molecule has 6 nitrogen and oxygen atoms in total. The molecule has 14 heavy (non-hydrogen) atoms. The van der Waals surface area contributed by atoms with E-state index in [0.29, 0.717) is 11.5 Å². The first-order chi connectivity index (χ1) is 6.90. The molecule has 2 aromatic heterocycles. The molecule has 0 saturated carbocycles. The molecule has 2 aromatic rings. The van der Waals surface area contributed by atoms with Gasteiger partial charge in [-0.25, -0.2) is 0 Å². The zero-order chi connectivity index (χ0) is 9.80. The minimum atomic E-state index is 0.632. The van der Waals surface area contributed by atoms with Crippen LogP contribution in [0.25, 0.3) is 5.65 Å². The quantitative estimate of drug-likeness (QED) is 0.593. The highest BCUT2D eigenvalue weighted by atomic mass is 35.5. The Morgan fingerprint density at radius 1 is 1.43 bits per heavy atom. The normalized spacial score (nSPS) is 10.6. The monoisotopic (exact) mass is 212 g/mol. The van der Waals surface area contributed by atoms with E-state index in [1.807, 2.05) is 6.07 Å². The van der Waals surface area contributed by atoms with Gasteiger partial charge in [-0.2, -0.15) is 0 Å². The molecule has 7 heteroatoms. The third-order valence-corrected chi connectivity index (χ3v) is 1.95. The van der Waals surface area contributed by atoms with E-state index in [-0.39, 0.29) is 0 Å². The molecule has 1 N–H and O–H groups in total. The third-order valence-electron chi connectivity index (χ3n) is 1.69. The number of hydrogen-bond donors (Lipinski definition) is 1. The van der Waals surface area contributed by atoms with Crippen molar-refractivity contribution < 1.29 is 0 Å². The molecular formula is C7H9ClN6. The van der Waals surface area contributed by atoms with Gasteiger partial charge in [-0.1, -0.05) is 0 Å². The first-order valence-electron chi connectivity index (χ1n) is 4.25. The summed E-state index contributed by atoms with van der Waals surface area (Å²) < 4.78 is 1.38. The maximum absolute atomic E-state index is 5.55. The molecule has 74 valence electrons. The molecule has 0 spiro atoms. The summed E-state index contributed by atoms with van der Waals surface area (Å²) in [5.74, 6) is 1.38. The first-order valence-corrected chi connectivity index (χ1v) is 4.79. The molecule has 0 amide bonds. The van der Waals surface area contributed by atoms with Crippen LogP contribution in [-0.2, 0) is 0 Å². The SMILES string of the molecule is ClCCCNc1ccc2nnnn2n1. The van der Waals surface area contributed by atoms with Gasteiger partial charge in [0.15, 0.2) is 5.65 Å². The average Bonchev–Trinajstić information content (AvgIpc) is 2.65. The van der Waals surface area contributed by atoms with Crippen LogP contribution in [0.3, 0.4) is 0 Å². The fourth-order valence-electron chi connectivity index (χ4n) is 1.03. The number of nitrogens with zero attached hydrogens (tertiary/aromatic N) is 5. The van der Waals surface area contributed by atoms with Gasteiger partial charge >= 0.3 is 0 Å². The fourth-order valence-corrected chi connectivity index (χ4v) is 1.16. The van der Waals surface area contributed by atoms with Gasteiger partial charge in [0.25, 0.3) is 0 Å². The maximum atomic E-state index is 5.55. The van der Waals surface area contributed by atoms with Crippen LogP contribution >= 0.6 is 11.6 Å². The van der Waals surface area contributed by atoms with Gasteiger partial charge in [0.2, 0.25) is 0 Å². The third kappa shape index (κ3) is 1.90. The van der Waals surface area contributed by atoms with Crippen LogP contribution in [-0.4, -0.2) is 37.7 Å². The lowest BCUT2D eigenvalue weighted by molar-refractivity contribution is 0.733. The Morgan fingerprint density at radius 3 is 3.21 bits per heavy atom. The molecule has 0 atom stereocenters. The molecule has 0 radical (unpaired) electrons. The van der Waals surface area contributed by atoms with Gasteiger partial charge in [0.1, 0.15) is 5.82 Å². The smallest absolute Gasteiger partial charge is 0.200 e. The highest BCUT2D eigenvalue weighted by Gasteiger charge is 1.98. The number of halogens is 1. The molecule has 0 bridgehead atoms. The van der Waals surface area contributed by atoms with Gasteiger partial charge in [-0.3, -0.25) is 0 Å². The molecule has 0 aromatic carbocycles. The van der Waals surface area contributed by atoms with Crippen molar-refractivity contribution in [1.82, 2.24) is 25.3 Å². The minimum Gasteiger partial charge on any atom is -0.369 e. The Hall–Kier alpha value is -1.43. The summed E-state index contributed by atoms with van der Waals surface area (Å²) in [4.78, 5) is 0. The van der Waals surface area contributed by atoms with E-state index in [2.05, 4.69) is 25.9 Å². The van der Waals surface area contributed by atoms with Crippen molar-refractivity contribution in [3.8, 4) is 0 Å². The second-order valence-corrected chi connectivity index (χ2v) is 3.09. The van der Waals surface area contributed by atoms with Crippen LogP contribution in [0.5, 0.6) is 0 Å². The Morgan fingerprint density at radius 2 is 2.36 bits per heavy atom. The predicted octanol–water partition coefficient (Wildman–Crippen LogP) is 0.560. The molecule has 2 heterocycles. The van der Waals surface area contributed by atoms with Gasteiger partial charge in [0.05, 0.1) is 0 Å². The summed E-state index contributed by atoms with van der Waals surface area (Å²) >= 11 is 5.55. The highest BCUT2D eigenvalue weighted by Crippen LogP contribution is 2.02. The number of tetrazole rings is 1. The number of anilines is 1. The van der Waals surface area contributed by atoms with Crippen LogP contribution in [0.4, 0.5) is 5.82 Å². The largest absolute Gasteiger partial charge is 0.369 e. The van der Waals surface area contributed by atoms with Crippen LogP contribution in [0.15, 0.2) is 12.1 Å². The molecule has 0 saturated heterocycles. The molecule has 0 unspecified atom stereocenters. The number of nitrogens with one attached hydrogen (secondary N) is 1. The predicted molar refractivity (Wildman–Crippen MR) is 52.4 cm³/mol. The first kappa shape index (κ1) is 9.14. The molecule has 0 aliphatic heterocycles. The highest BCUT2D eigenvalue weighted by molar-refractivity contribution is 6.17. The zero-order valence-electron chi connectivity index (χ0n) is 7.39. The van der Waals surface area contributed by atoms with E-state index in [4.69, 9.17) is 11.6 Å². The summed E-state index contributed by atoms with van der Waals surface area (Å²) in [5.41, 5.74) is 0.632. The van der Waals surface area contributed by atoms with Crippen molar-refractivity contribution in [2.45, 2.75) is 6.42 Å². The molecule has 2 rings (SSSR count). The van der Waals surface area contributed by atoms with Gasteiger partial charge < -0.3 is 5.32 Å². The maximum Gasteiger partial charge on any atom is 0.200 e. The van der Waals surface area contributed by atoms with Crippen LogP contribution in [0.1, 0.15) is 6.42 Å². The summed E-state index contributed by atoms with van der Waals surface area (Å²) in [5, 5.41) is 18.2. The van der Waals surface area contributed by atoms with Crippen LogP contribution < -0.4 is 5.32 Å². The molecule has 0 fully saturated rings. The van der Waals surface area contributed by atoms with Crippen molar-refractivity contribution in [3.05, 3.63) is 12.1 Å². The van der Waals surface area contributed by atoms with Crippen LogP contribution in [0, 0.1) is 0 Å². The van der Waals surface area contributed by atoms with Crippen molar-refractivity contribution in [2.24, 2.45) is 0 Å². The standard InChI is InChI=1S/C7H9ClN6/c8-4-1-5-9-6-2-3-7-10-12-13-14(7)11-6/h2-3H,1,4-5H2,(H,9,11). The molecular weight excluding hydrogens is 204 g/mol. The Balaban J connectivity index is 2.10. The second-order valence-electron chi connectivity index (χ2n) is 2.71. The van der Waals surface area contributed by atoms with Crippen molar-refractivity contribution in [3.63, 3.8) is 0 Å². The lowest BCUT2D eigenvalue weighted by atomic mass is 10.4. The lowest BCUT2D eigenvalue weighted by Crippen LogP contribution is -2.06. The number of aromatic nitrogens is 5. The van der Waals surface area contributed by atoms with E-state index in [1.54, 1.807) is 6.07 Å². The Kier molecular flexibility index (Phi) is 2.73. The van der Waals surface area contributed by atoms with E-state index in [9.17, 15) is 0 Å². The van der Waals surface area contributed by atoms with Crippen molar-refractivity contribution in [2.75, 3.05) is 17.7 Å². The molecule has 0 aliphatic carbocycles. The Labute approximate surface area is 85.2 Å². The van der Waals surface area contributed by atoms with Gasteiger partial charge in [0, 0.05) is 12.4 Å². The molecule has 0 aliphatic rings. The number of alkyl halides is 1. The van der Waals surface area contributed by atoms with E-state index in [0.717, 1.165) is 18.8 Å². The van der Waals surface area contributed by atoms with E-state index in [1.165, 1.54) is 4.63 Å². The van der Waals surface area contributed by atoms with Crippen molar-refractivity contribution >= 4 is 23.1 Å². The Bertz CT molecular complexity index is 413. The van der Waals surface area contributed by atoms with Crippen LogP contribution in [0.2, 0.25) is 0 Å².